The predicted molar refractivity (Wildman–Crippen MR) is 74.5 cm³/mol. The van der Waals surface area contributed by atoms with Crippen LogP contribution in [0, 0.1) is 13.7 Å². The second kappa shape index (κ2) is 7.44. The second-order valence-electron chi connectivity index (χ2n) is 3.47. The van der Waals surface area contributed by atoms with Gasteiger partial charge in [-0.3, -0.25) is 10.1 Å². The number of rotatable bonds is 7. The van der Waals surface area contributed by atoms with Gasteiger partial charge >= 0.3 is 5.69 Å². The number of nitro benzene ring substituents is 1. The lowest BCUT2D eigenvalue weighted by Gasteiger charge is -2.07. The monoisotopic (exact) mass is 350 g/mol. The molecule has 0 saturated heterocycles. The lowest BCUT2D eigenvalue weighted by Crippen LogP contribution is -2.21. The Morgan fingerprint density at radius 1 is 1.47 bits per heavy atom. The van der Waals surface area contributed by atoms with E-state index in [-0.39, 0.29) is 5.69 Å². The Bertz CT molecular complexity index is 385. The van der Waals surface area contributed by atoms with Crippen molar-refractivity contribution in [2.75, 3.05) is 19.7 Å². The number of ether oxygens (including phenoxy) is 1. The first-order valence-corrected chi connectivity index (χ1v) is 6.50. The van der Waals surface area contributed by atoms with Gasteiger partial charge < -0.3 is 10.1 Å². The minimum absolute atomic E-state index is 0.0207. The first-order chi connectivity index (χ1) is 8.15. The first kappa shape index (κ1) is 14.2. The third kappa shape index (κ3) is 4.86. The van der Waals surface area contributed by atoms with Crippen LogP contribution in [0.4, 0.5) is 5.69 Å². The molecule has 0 unspecified atom stereocenters. The Morgan fingerprint density at radius 3 is 2.88 bits per heavy atom. The molecule has 0 aromatic heterocycles. The van der Waals surface area contributed by atoms with Crippen LogP contribution in [0.1, 0.15) is 13.3 Å². The molecule has 0 heterocycles. The maximum Gasteiger partial charge on any atom is 0.311 e. The highest BCUT2D eigenvalue weighted by Crippen LogP contribution is 2.28. The molecular formula is C11H15IN2O3. The van der Waals surface area contributed by atoms with Crippen LogP contribution in [0.25, 0.3) is 0 Å². The Hall–Kier alpha value is -0.890. The van der Waals surface area contributed by atoms with Crippen molar-refractivity contribution in [2.45, 2.75) is 13.3 Å². The van der Waals surface area contributed by atoms with E-state index >= 15 is 0 Å². The van der Waals surface area contributed by atoms with E-state index in [9.17, 15) is 10.1 Å². The summed E-state index contributed by atoms with van der Waals surface area (Å²) in [7, 11) is 0. The molecule has 0 spiro atoms. The molecule has 6 heteroatoms. The fourth-order valence-electron chi connectivity index (χ4n) is 1.29. The molecule has 1 rings (SSSR count). The average Bonchev–Trinajstić information content (AvgIpc) is 2.30. The van der Waals surface area contributed by atoms with Gasteiger partial charge in [-0.15, -0.1) is 0 Å². The summed E-state index contributed by atoms with van der Waals surface area (Å²) in [5, 5.41) is 14.0. The lowest BCUT2D eigenvalue weighted by atomic mass is 10.3. The summed E-state index contributed by atoms with van der Waals surface area (Å²) >= 11 is 2.04. The fraction of sp³-hybridized carbons (Fsp3) is 0.455. The molecule has 0 bridgehead atoms. The largest absolute Gasteiger partial charge is 0.485 e. The lowest BCUT2D eigenvalue weighted by molar-refractivity contribution is -0.385. The number of halogens is 1. The van der Waals surface area contributed by atoms with Gasteiger partial charge in [0.2, 0.25) is 0 Å². The van der Waals surface area contributed by atoms with Gasteiger partial charge in [0.1, 0.15) is 6.61 Å². The van der Waals surface area contributed by atoms with Gasteiger partial charge in [-0.1, -0.05) is 6.92 Å². The van der Waals surface area contributed by atoms with Gasteiger partial charge in [-0.05, 0) is 47.7 Å². The molecule has 0 atom stereocenters. The molecule has 94 valence electrons. The zero-order valence-corrected chi connectivity index (χ0v) is 11.8. The third-order valence-electron chi connectivity index (χ3n) is 2.08. The maximum atomic E-state index is 10.8. The molecule has 0 aliphatic heterocycles. The van der Waals surface area contributed by atoms with Crippen molar-refractivity contribution in [1.29, 1.82) is 0 Å². The van der Waals surface area contributed by atoms with Crippen molar-refractivity contribution >= 4 is 28.3 Å². The number of nitrogens with zero attached hydrogens (tertiary/aromatic N) is 1. The normalized spacial score (nSPS) is 10.2. The topological polar surface area (TPSA) is 64.4 Å². The van der Waals surface area contributed by atoms with Crippen molar-refractivity contribution in [3.63, 3.8) is 0 Å². The van der Waals surface area contributed by atoms with Crippen LogP contribution < -0.4 is 10.1 Å². The zero-order valence-electron chi connectivity index (χ0n) is 9.61. The predicted octanol–water partition coefficient (Wildman–Crippen LogP) is 2.58. The fourth-order valence-corrected chi connectivity index (χ4v) is 1.76. The molecule has 0 saturated carbocycles. The number of hydrogen-bond acceptors (Lipinski definition) is 4. The molecule has 1 aromatic rings. The number of nitrogens with one attached hydrogen (secondary N) is 1. The van der Waals surface area contributed by atoms with E-state index in [0.717, 1.165) is 16.5 Å². The summed E-state index contributed by atoms with van der Waals surface area (Å²) in [5.41, 5.74) is 0.0207. The molecule has 0 amide bonds. The Balaban J connectivity index is 2.55. The highest BCUT2D eigenvalue weighted by molar-refractivity contribution is 14.1. The number of benzene rings is 1. The maximum absolute atomic E-state index is 10.8. The van der Waals surface area contributed by atoms with Gasteiger partial charge in [0, 0.05) is 16.2 Å². The molecule has 1 N–H and O–H groups in total. The van der Waals surface area contributed by atoms with Gasteiger partial charge in [0.25, 0.3) is 0 Å². The van der Waals surface area contributed by atoms with Crippen molar-refractivity contribution in [3.8, 4) is 5.75 Å². The van der Waals surface area contributed by atoms with E-state index in [0.29, 0.717) is 18.9 Å². The van der Waals surface area contributed by atoms with Crippen molar-refractivity contribution < 1.29 is 9.66 Å². The SMILES string of the molecule is CCCNCCOc1ccc(I)cc1[N+](=O)[O-]. The smallest absolute Gasteiger partial charge is 0.311 e. The molecule has 5 nitrogen and oxygen atoms in total. The summed E-state index contributed by atoms with van der Waals surface area (Å²) in [4.78, 5) is 10.4. The number of hydrogen-bond donors (Lipinski definition) is 1. The molecule has 0 aliphatic carbocycles. The van der Waals surface area contributed by atoms with Crippen molar-refractivity contribution in [3.05, 3.63) is 31.9 Å². The molecular weight excluding hydrogens is 335 g/mol. The van der Waals surface area contributed by atoms with Gasteiger partial charge in [-0.2, -0.15) is 0 Å². The van der Waals surface area contributed by atoms with Gasteiger partial charge in [0.15, 0.2) is 5.75 Å². The zero-order chi connectivity index (χ0) is 12.7. The van der Waals surface area contributed by atoms with Crippen LogP contribution in [0.2, 0.25) is 0 Å². The highest BCUT2D eigenvalue weighted by atomic mass is 127. The molecule has 0 radical (unpaired) electrons. The van der Waals surface area contributed by atoms with Crippen LogP contribution in [0.3, 0.4) is 0 Å². The van der Waals surface area contributed by atoms with E-state index in [1.54, 1.807) is 12.1 Å². The van der Waals surface area contributed by atoms with Gasteiger partial charge in [-0.25, -0.2) is 0 Å². The van der Waals surface area contributed by atoms with E-state index in [2.05, 4.69) is 12.2 Å². The summed E-state index contributed by atoms with van der Waals surface area (Å²) in [6.07, 6.45) is 1.06. The molecule has 17 heavy (non-hydrogen) atoms. The summed E-state index contributed by atoms with van der Waals surface area (Å²) in [6, 6.07) is 4.94. The van der Waals surface area contributed by atoms with Crippen LogP contribution in [-0.2, 0) is 0 Å². The Kier molecular flexibility index (Phi) is 6.20. The summed E-state index contributed by atoms with van der Waals surface area (Å²) in [5.74, 6) is 0.328. The average molecular weight is 350 g/mol. The molecule has 0 fully saturated rings. The van der Waals surface area contributed by atoms with Crippen molar-refractivity contribution in [1.82, 2.24) is 5.32 Å². The van der Waals surface area contributed by atoms with Crippen molar-refractivity contribution in [2.24, 2.45) is 0 Å². The van der Waals surface area contributed by atoms with Crippen LogP contribution >= 0.6 is 22.6 Å². The van der Waals surface area contributed by atoms with E-state index < -0.39 is 4.92 Å². The third-order valence-corrected chi connectivity index (χ3v) is 2.75. The summed E-state index contributed by atoms with van der Waals surface area (Å²) in [6.45, 7) is 4.13. The minimum atomic E-state index is -0.420. The Labute approximate surface area is 114 Å². The minimum Gasteiger partial charge on any atom is -0.485 e. The second-order valence-corrected chi connectivity index (χ2v) is 4.71. The standard InChI is InChI=1S/C11H15IN2O3/c1-2-5-13-6-7-17-11-4-3-9(12)8-10(11)14(15)16/h3-4,8,13H,2,5-7H2,1H3. The summed E-state index contributed by atoms with van der Waals surface area (Å²) < 4.78 is 6.22. The Morgan fingerprint density at radius 2 is 2.24 bits per heavy atom. The van der Waals surface area contributed by atoms with Crippen LogP contribution in [0.5, 0.6) is 5.75 Å². The van der Waals surface area contributed by atoms with Crippen LogP contribution in [0.15, 0.2) is 18.2 Å². The molecule has 0 aliphatic rings. The van der Waals surface area contributed by atoms with Crippen LogP contribution in [-0.4, -0.2) is 24.6 Å². The highest BCUT2D eigenvalue weighted by Gasteiger charge is 2.14. The van der Waals surface area contributed by atoms with E-state index in [1.807, 2.05) is 22.6 Å². The van der Waals surface area contributed by atoms with E-state index in [4.69, 9.17) is 4.74 Å². The van der Waals surface area contributed by atoms with E-state index in [1.165, 1.54) is 6.07 Å². The molecule has 1 aromatic carbocycles. The number of nitro groups is 1. The first-order valence-electron chi connectivity index (χ1n) is 5.42. The van der Waals surface area contributed by atoms with Gasteiger partial charge in [0.05, 0.1) is 4.92 Å². The quantitative estimate of drug-likeness (QED) is 0.355.